The zero-order valence-corrected chi connectivity index (χ0v) is 9.09. The first-order chi connectivity index (χ1) is 6.02. The fourth-order valence-electron chi connectivity index (χ4n) is 1.47. The monoisotopic (exact) mass is 187 g/mol. The van der Waals surface area contributed by atoms with Crippen LogP contribution in [0, 0.1) is 11.3 Å². The van der Waals surface area contributed by atoms with Gasteiger partial charge in [-0.2, -0.15) is 0 Å². The molecule has 0 aliphatic heterocycles. The van der Waals surface area contributed by atoms with Crippen molar-refractivity contribution < 1.29 is 9.53 Å². The molecule has 0 aliphatic rings. The van der Waals surface area contributed by atoms with Gasteiger partial charge in [0.1, 0.15) is 0 Å². The molecule has 0 aromatic heterocycles. The molecule has 0 aliphatic carbocycles. The molecule has 0 heterocycles. The molecular weight excluding hydrogens is 166 g/mol. The number of rotatable bonds is 5. The molecular formula is C10H21NO2. The second-order valence-electron chi connectivity index (χ2n) is 3.80. The third kappa shape index (κ3) is 2.69. The van der Waals surface area contributed by atoms with Gasteiger partial charge in [0, 0.05) is 6.54 Å². The van der Waals surface area contributed by atoms with Crippen LogP contribution in [0.1, 0.15) is 33.6 Å². The largest absolute Gasteiger partial charge is 0.469 e. The van der Waals surface area contributed by atoms with Gasteiger partial charge in [-0.1, -0.05) is 20.3 Å². The highest BCUT2D eigenvalue weighted by Crippen LogP contribution is 2.30. The van der Waals surface area contributed by atoms with E-state index in [0.29, 0.717) is 6.54 Å². The van der Waals surface area contributed by atoms with Gasteiger partial charge in [0.15, 0.2) is 0 Å². The Balaban J connectivity index is 4.51. The van der Waals surface area contributed by atoms with Crippen molar-refractivity contribution in [1.82, 2.24) is 0 Å². The molecule has 0 fully saturated rings. The fourth-order valence-corrected chi connectivity index (χ4v) is 1.47. The lowest BCUT2D eigenvalue weighted by molar-refractivity contribution is -0.154. The van der Waals surface area contributed by atoms with Gasteiger partial charge in [0.05, 0.1) is 12.5 Å². The molecule has 2 N–H and O–H groups in total. The van der Waals surface area contributed by atoms with Crippen LogP contribution in [0.5, 0.6) is 0 Å². The SMILES string of the molecule is CCCC(C)C(C)(CN)C(=O)OC. The molecule has 0 bridgehead atoms. The Hall–Kier alpha value is -0.570. The first kappa shape index (κ1) is 12.4. The van der Waals surface area contributed by atoms with Crippen molar-refractivity contribution in [3.63, 3.8) is 0 Å². The maximum absolute atomic E-state index is 11.5. The second-order valence-corrected chi connectivity index (χ2v) is 3.80. The number of carbonyl (C=O) groups excluding carboxylic acids is 1. The standard InChI is InChI=1S/C10H21NO2/c1-5-6-8(2)10(3,7-11)9(12)13-4/h8H,5-7,11H2,1-4H3. The lowest BCUT2D eigenvalue weighted by Crippen LogP contribution is -2.42. The van der Waals surface area contributed by atoms with E-state index in [1.54, 1.807) is 0 Å². The predicted octanol–water partition coefficient (Wildman–Crippen LogP) is 1.56. The predicted molar refractivity (Wildman–Crippen MR) is 53.2 cm³/mol. The summed E-state index contributed by atoms with van der Waals surface area (Å²) < 4.78 is 4.75. The van der Waals surface area contributed by atoms with E-state index in [1.165, 1.54) is 7.11 Å². The molecule has 0 radical (unpaired) electrons. The first-order valence-electron chi connectivity index (χ1n) is 4.81. The summed E-state index contributed by atoms with van der Waals surface area (Å²) in [4.78, 5) is 11.5. The van der Waals surface area contributed by atoms with Crippen LogP contribution in [0.2, 0.25) is 0 Å². The summed E-state index contributed by atoms with van der Waals surface area (Å²) in [5, 5.41) is 0. The fraction of sp³-hybridized carbons (Fsp3) is 0.900. The van der Waals surface area contributed by atoms with Crippen LogP contribution in [-0.2, 0) is 9.53 Å². The molecule has 78 valence electrons. The summed E-state index contributed by atoms with van der Waals surface area (Å²) in [6.07, 6.45) is 2.07. The molecule has 2 unspecified atom stereocenters. The van der Waals surface area contributed by atoms with Gasteiger partial charge in [0.2, 0.25) is 0 Å². The van der Waals surface area contributed by atoms with Crippen LogP contribution in [0.15, 0.2) is 0 Å². The number of methoxy groups -OCH3 is 1. The Bertz CT molecular complexity index is 170. The topological polar surface area (TPSA) is 52.3 Å². The number of esters is 1. The number of nitrogens with two attached hydrogens (primary N) is 1. The van der Waals surface area contributed by atoms with E-state index in [-0.39, 0.29) is 11.9 Å². The summed E-state index contributed by atoms with van der Waals surface area (Å²) >= 11 is 0. The summed E-state index contributed by atoms with van der Waals surface area (Å²) in [6, 6.07) is 0. The number of carbonyl (C=O) groups is 1. The first-order valence-corrected chi connectivity index (χ1v) is 4.81. The van der Waals surface area contributed by atoms with Gasteiger partial charge in [0.25, 0.3) is 0 Å². The summed E-state index contributed by atoms with van der Waals surface area (Å²) in [5.41, 5.74) is 5.09. The number of ether oxygens (including phenoxy) is 1. The van der Waals surface area contributed by atoms with Crippen molar-refractivity contribution >= 4 is 5.97 Å². The van der Waals surface area contributed by atoms with E-state index in [0.717, 1.165) is 12.8 Å². The summed E-state index contributed by atoms with van der Waals surface area (Å²) in [7, 11) is 1.41. The quantitative estimate of drug-likeness (QED) is 0.664. The van der Waals surface area contributed by atoms with E-state index < -0.39 is 5.41 Å². The van der Waals surface area contributed by atoms with Crippen molar-refractivity contribution in [2.75, 3.05) is 13.7 Å². The van der Waals surface area contributed by atoms with Crippen molar-refractivity contribution in [2.45, 2.75) is 33.6 Å². The molecule has 0 saturated heterocycles. The zero-order valence-electron chi connectivity index (χ0n) is 9.09. The second kappa shape index (κ2) is 5.22. The van der Waals surface area contributed by atoms with Crippen molar-refractivity contribution in [3.05, 3.63) is 0 Å². The van der Waals surface area contributed by atoms with Crippen molar-refractivity contribution in [3.8, 4) is 0 Å². The maximum Gasteiger partial charge on any atom is 0.313 e. The van der Waals surface area contributed by atoms with Crippen LogP contribution in [0.25, 0.3) is 0 Å². The van der Waals surface area contributed by atoms with Crippen molar-refractivity contribution in [2.24, 2.45) is 17.1 Å². The lowest BCUT2D eigenvalue weighted by Gasteiger charge is -2.31. The van der Waals surface area contributed by atoms with Crippen LogP contribution < -0.4 is 5.73 Å². The minimum absolute atomic E-state index is 0.198. The average molecular weight is 187 g/mol. The molecule has 13 heavy (non-hydrogen) atoms. The van der Waals surface area contributed by atoms with Crippen LogP contribution >= 0.6 is 0 Å². The average Bonchev–Trinajstić information content (AvgIpc) is 2.15. The van der Waals surface area contributed by atoms with Gasteiger partial charge >= 0.3 is 5.97 Å². The van der Waals surface area contributed by atoms with E-state index in [2.05, 4.69) is 6.92 Å². The Morgan fingerprint density at radius 2 is 2.15 bits per heavy atom. The van der Waals surface area contributed by atoms with Gasteiger partial charge in [-0.15, -0.1) is 0 Å². The molecule has 0 saturated carbocycles. The summed E-state index contributed by atoms with van der Waals surface area (Å²) in [6.45, 7) is 6.37. The van der Waals surface area contributed by atoms with Crippen LogP contribution in [0.3, 0.4) is 0 Å². The number of hydrogen-bond donors (Lipinski definition) is 1. The molecule has 0 spiro atoms. The van der Waals surface area contributed by atoms with E-state index in [1.807, 2.05) is 13.8 Å². The third-order valence-corrected chi connectivity index (χ3v) is 2.89. The highest BCUT2D eigenvalue weighted by molar-refractivity contribution is 5.76. The van der Waals surface area contributed by atoms with Gasteiger partial charge in [-0.25, -0.2) is 0 Å². The normalized spacial score (nSPS) is 17.6. The Kier molecular flexibility index (Phi) is 4.99. The van der Waals surface area contributed by atoms with Gasteiger partial charge in [-0.05, 0) is 19.3 Å². The van der Waals surface area contributed by atoms with E-state index in [4.69, 9.17) is 10.5 Å². The smallest absolute Gasteiger partial charge is 0.313 e. The van der Waals surface area contributed by atoms with Crippen LogP contribution in [-0.4, -0.2) is 19.6 Å². The molecule has 2 atom stereocenters. The van der Waals surface area contributed by atoms with Gasteiger partial charge < -0.3 is 10.5 Å². The Morgan fingerprint density at radius 3 is 2.46 bits per heavy atom. The summed E-state index contributed by atoms with van der Waals surface area (Å²) in [5.74, 6) is 0.0749. The molecule has 0 aromatic rings. The van der Waals surface area contributed by atoms with Gasteiger partial charge in [-0.3, -0.25) is 4.79 Å². The minimum atomic E-state index is -0.523. The van der Waals surface area contributed by atoms with E-state index >= 15 is 0 Å². The molecule has 3 heteroatoms. The highest BCUT2D eigenvalue weighted by Gasteiger charge is 2.37. The van der Waals surface area contributed by atoms with Crippen LogP contribution in [0.4, 0.5) is 0 Å². The highest BCUT2D eigenvalue weighted by atomic mass is 16.5. The number of hydrogen-bond acceptors (Lipinski definition) is 3. The molecule has 0 amide bonds. The Labute approximate surface area is 80.6 Å². The van der Waals surface area contributed by atoms with Crippen molar-refractivity contribution in [1.29, 1.82) is 0 Å². The minimum Gasteiger partial charge on any atom is -0.469 e. The molecule has 3 nitrogen and oxygen atoms in total. The third-order valence-electron chi connectivity index (χ3n) is 2.89. The molecule has 0 rings (SSSR count). The molecule has 0 aromatic carbocycles. The Morgan fingerprint density at radius 1 is 1.62 bits per heavy atom. The zero-order chi connectivity index (χ0) is 10.5. The lowest BCUT2D eigenvalue weighted by atomic mass is 9.76. The maximum atomic E-state index is 11.5. The van der Waals surface area contributed by atoms with E-state index in [9.17, 15) is 4.79 Å².